The Morgan fingerprint density at radius 3 is 2.78 bits per heavy atom. The van der Waals surface area contributed by atoms with Crippen LogP contribution in [0.1, 0.15) is 34.2 Å². The number of fused-ring (bicyclic) bond motifs is 2. The summed E-state index contributed by atoms with van der Waals surface area (Å²) in [5.41, 5.74) is 4.02. The van der Waals surface area contributed by atoms with Gasteiger partial charge < -0.3 is 19.4 Å². The molecule has 27 heavy (non-hydrogen) atoms. The topological polar surface area (TPSA) is 82.4 Å². The minimum absolute atomic E-state index is 0.228. The average Bonchev–Trinajstić information content (AvgIpc) is 3.26. The molecular weight excluding hydrogens is 342 g/mol. The molecule has 0 amide bonds. The monoisotopic (exact) mass is 363 g/mol. The van der Waals surface area contributed by atoms with Crippen LogP contribution in [0.25, 0.3) is 22.0 Å². The van der Waals surface area contributed by atoms with Gasteiger partial charge in [0.05, 0.1) is 22.2 Å². The molecule has 0 aliphatic heterocycles. The number of hydrogen-bond acceptors (Lipinski definition) is 5. The van der Waals surface area contributed by atoms with Crippen LogP contribution in [0.2, 0.25) is 0 Å². The zero-order valence-electron chi connectivity index (χ0n) is 15.5. The van der Waals surface area contributed by atoms with Gasteiger partial charge in [0.2, 0.25) is 5.78 Å². The largest absolute Gasteiger partial charge is 0.507 e. The van der Waals surface area contributed by atoms with E-state index in [0.29, 0.717) is 35.1 Å². The lowest BCUT2D eigenvalue weighted by Crippen LogP contribution is -2.11. The van der Waals surface area contributed by atoms with Gasteiger partial charge in [-0.25, -0.2) is 4.98 Å². The lowest BCUT2D eigenvalue weighted by molar-refractivity contribution is 0.103. The molecule has 0 unspecified atom stereocenters. The minimum atomic E-state index is -0.228. The lowest BCUT2D eigenvalue weighted by Gasteiger charge is -2.14. The number of phenols is 1. The number of rotatable bonds is 5. The fourth-order valence-electron chi connectivity index (χ4n) is 3.38. The van der Waals surface area contributed by atoms with Gasteiger partial charge in [-0.3, -0.25) is 4.79 Å². The number of aryl methyl sites for hydroxylation is 1. The van der Waals surface area contributed by atoms with Crippen LogP contribution in [0.3, 0.4) is 0 Å². The SMILES string of the molecule is CCc1cc2c(C(=O)c3nc4ccccc4[nH]3)coc2c(CN(C)C)c1O. The first-order valence-electron chi connectivity index (χ1n) is 8.88. The quantitative estimate of drug-likeness (QED) is 0.526. The van der Waals surface area contributed by atoms with Gasteiger partial charge in [0.1, 0.15) is 17.6 Å². The van der Waals surface area contributed by atoms with Crippen LogP contribution in [0.15, 0.2) is 41.0 Å². The molecule has 138 valence electrons. The number of benzene rings is 2. The summed E-state index contributed by atoms with van der Waals surface area (Å²) in [6, 6.07) is 9.36. The van der Waals surface area contributed by atoms with E-state index in [-0.39, 0.29) is 17.4 Å². The number of aromatic amines is 1. The Balaban J connectivity index is 1.88. The molecule has 4 aromatic rings. The van der Waals surface area contributed by atoms with E-state index in [1.54, 1.807) is 0 Å². The average molecular weight is 363 g/mol. The summed E-state index contributed by atoms with van der Waals surface area (Å²) >= 11 is 0. The number of imidazole rings is 1. The van der Waals surface area contributed by atoms with Gasteiger partial charge >= 0.3 is 0 Å². The molecule has 2 heterocycles. The standard InChI is InChI=1S/C21H21N3O3/c1-4-12-9-13-15(11-27-20(13)14(18(12)25)10-24(2)3)19(26)21-22-16-7-5-6-8-17(16)23-21/h5-9,11,25H,4,10H2,1-3H3,(H,22,23). The molecule has 6 heteroatoms. The highest BCUT2D eigenvalue weighted by atomic mass is 16.3. The van der Waals surface area contributed by atoms with Crippen LogP contribution in [0.4, 0.5) is 0 Å². The summed E-state index contributed by atoms with van der Waals surface area (Å²) in [4.78, 5) is 22.5. The molecular formula is C21H21N3O3. The van der Waals surface area contributed by atoms with Gasteiger partial charge in [0.25, 0.3) is 0 Å². The van der Waals surface area contributed by atoms with Gasteiger partial charge in [-0.05, 0) is 44.3 Å². The molecule has 2 aromatic heterocycles. The first-order chi connectivity index (χ1) is 13.0. The number of nitrogens with zero attached hydrogens (tertiary/aromatic N) is 2. The van der Waals surface area contributed by atoms with E-state index >= 15 is 0 Å². The molecule has 0 atom stereocenters. The van der Waals surface area contributed by atoms with Crippen LogP contribution in [-0.2, 0) is 13.0 Å². The summed E-state index contributed by atoms with van der Waals surface area (Å²) < 4.78 is 5.73. The number of ketones is 1. The van der Waals surface area contributed by atoms with E-state index in [2.05, 4.69) is 9.97 Å². The van der Waals surface area contributed by atoms with Crippen LogP contribution >= 0.6 is 0 Å². The van der Waals surface area contributed by atoms with Gasteiger partial charge in [0, 0.05) is 11.9 Å². The second kappa shape index (κ2) is 6.55. The normalized spacial score (nSPS) is 11.7. The van der Waals surface area contributed by atoms with Crippen molar-refractivity contribution in [3.05, 3.63) is 59.1 Å². The van der Waals surface area contributed by atoms with Crippen LogP contribution < -0.4 is 0 Å². The van der Waals surface area contributed by atoms with Gasteiger partial charge in [-0.1, -0.05) is 19.1 Å². The van der Waals surface area contributed by atoms with Crippen molar-refractivity contribution in [3.63, 3.8) is 0 Å². The van der Waals surface area contributed by atoms with Crippen molar-refractivity contribution in [1.29, 1.82) is 0 Å². The molecule has 0 aliphatic carbocycles. The van der Waals surface area contributed by atoms with Gasteiger partial charge in [-0.15, -0.1) is 0 Å². The highest BCUT2D eigenvalue weighted by molar-refractivity contribution is 6.15. The minimum Gasteiger partial charge on any atom is -0.507 e. The van der Waals surface area contributed by atoms with E-state index < -0.39 is 0 Å². The maximum absolute atomic E-state index is 13.1. The maximum atomic E-state index is 13.1. The fourth-order valence-corrected chi connectivity index (χ4v) is 3.38. The molecule has 6 nitrogen and oxygen atoms in total. The van der Waals surface area contributed by atoms with Crippen LogP contribution in [0.5, 0.6) is 5.75 Å². The summed E-state index contributed by atoms with van der Waals surface area (Å²) in [7, 11) is 3.85. The van der Waals surface area contributed by atoms with E-state index in [9.17, 15) is 9.90 Å². The van der Waals surface area contributed by atoms with Crippen molar-refractivity contribution in [2.24, 2.45) is 0 Å². The van der Waals surface area contributed by atoms with Crippen molar-refractivity contribution < 1.29 is 14.3 Å². The molecule has 0 bridgehead atoms. The number of para-hydroxylation sites is 2. The molecule has 4 rings (SSSR count). The number of phenolic OH excluding ortho intramolecular Hbond substituents is 1. The predicted molar refractivity (Wildman–Crippen MR) is 104 cm³/mol. The van der Waals surface area contributed by atoms with Crippen molar-refractivity contribution >= 4 is 27.8 Å². The molecule has 2 aromatic carbocycles. The summed E-state index contributed by atoms with van der Waals surface area (Å²) in [6.07, 6.45) is 2.11. The Hall–Kier alpha value is -3.12. The summed E-state index contributed by atoms with van der Waals surface area (Å²) in [5.74, 6) is 0.281. The Bertz CT molecular complexity index is 1120. The Morgan fingerprint density at radius 1 is 1.30 bits per heavy atom. The van der Waals surface area contributed by atoms with Crippen molar-refractivity contribution in [3.8, 4) is 5.75 Å². The second-order valence-corrected chi connectivity index (χ2v) is 6.91. The molecule has 0 saturated carbocycles. The van der Waals surface area contributed by atoms with E-state index in [0.717, 1.165) is 16.6 Å². The lowest BCUT2D eigenvalue weighted by atomic mass is 9.99. The number of aromatic nitrogens is 2. The zero-order chi connectivity index (χ0) is 19.1. The highest BCUT2D eigenvalue weighted by Crippen LogP contribution is 2.36. The number of H-pyrrole nitrogens is 1. The van der Waals surface area contributed by atoms with Crippen molar-refractivity contribution in [2.45, 2.75) is 19.9 Å². The number of nitrogens with one attached hydrogen (secondary N) is 1. The van der Waals surface area contributed by atoms with Crippen LogP contribution in [-0.4, -0.2) is 39.9 Å². The summed E-state index contributed by atoms with van der Waals surface area (Å²) in [6.45, 7) is 2.49. The number of carbonyl (C=O) groups excluding carboxylic acids is 1. The predicted octanol–water partition coefficient (Wildman–Crippen LogP) is 3.87. The van der Waals surface area contributed by atoms with E-state index in [1.807, 2.05) is 56.3 Å². The van der Waals surface area contributed by atoms with Crippen molar-refractivity contribution in [1.82, 2.24) is 14.9 Å². The van der Waals surface area contributed by atoms with E-state index in [4.69, 9.17) is 4.42 Å². The molecule has 0 saturated heterocycles. The molecule has 0 aliphatic rings. The Kier molecular flexibility index (Phi) is 4.20. The summed E-state index contributed by atoms with van der Waals surface area (Å²) in [5, 5.41) is 11.3. The molecule has 2 N–H and O–H groups in total. The van der Waals surface area contributed by atoms with E-state index in [1.165, 1.54) is 6.26 Å². The Morgan fingerprint density at radius 2 is 2.07 bits per heavy atom. The van der Waals surface area contributed by atoms with Gasteiger partial charge in [0.15, 0.2) is 5.82 Å². The number of carbonyl (C=O) groups is 1. The number of aromatic hydroxyl groups is 1. The molecule has 0 spiro atoms. The number of furan rings is 1. The van der Waals surface area contributed by atoms with Crippen LogP contribution in [0, 0.1) is 0 Å². The first-order valence-corrected chi connectivity index (χ1v) is 8.88. The maximum Gasteiger partial charge on any atom is 0.232 e. The first kappa shape index (κ1) is 17.3. The molecule has 0 radical (unpaired) electrons. The Labute approximate surface area is 156 Å². The third-order valence-corrected chi connectivity index (χ3v) is 4.72. The third-order valence-electron chi connectivity index (χ3n) is 4.72. The third kappa shape index (κ3) is 2.88. The number of hydrogen-bond donors (Lipinski definition) is 2. The van der Waals surface area contributed by atoms with Crippen molar-refractivity contribution in [2.75, 3.05) is 14.1 Å². The second-order valence-electron chi connectivity index (χ2n) is 6.91. The fraction of sp³-hybridized carbons (Fsp3) is 0.238. The smallest absolute Gasteiger partial charge is 0.232 e. The zero-order valence-corrected chi connectivity index (χ0v) is 15.5. The highest BCUT2D eigenvalue weighted by Gasteiger charge is 2.23. The van der Waals surface area contributed by atoms with Gasteiger partial charge in [-0.2, -0.15) is 0 Å². The molecule has 0 fully saturated rings.